The van der Waals surface area contributed by atoms with Crippen molar-refractivity contribution in [2.45, 2.75) is 18.0 Å². The molecule has 72 valence electrons. The Labute approximate surface area is 88.2 Å². The number of aromatic nitrogens is 2. The van der Waals surface area contributed by atoms with Gasteiger partial charge in [-0.3, -0.25) is 0 Å². The lowest BCUT2D eigenvalue weighted by Gasteiger charge is -2.08. The maximum atomic E-state index is 4.46. The van der Waals surface area contributed by atoms with Crippen molar-refractivity contribution in [3.63, 3.8) is 0 Å². The molecule has 0 aromatic carbocycles. The molecule has 1 aliphatic rings. The SMILES string of the molecule is CSc1nccc(C2=CC=CCC2)n1. The Morgan fingerprint density at radius 1 is 1.43 bits per heavy atom. The topological polar surface area (TPSA) is 25.8 Å². The highest BCUT2D eigenvalue weighted by Gasteiger charge is 2.05. The predicted molar refractivity (Wildman–Crippen MR) is 60.2 cm³/mol. The van der Waals surface area contributed by atoms with Crippen molar-refractivity contribution in [3.8, 4) is 0 Å². The molecule has 2 nitrogen and oxygen atoms in total. The number of nitrogens with zero attached hydrogens (tertiary/aromatic N) is 2. The lowest BCUT2D eigenvalue weighted by atomic mass is 10.0. The van der Waals surface area contributed by atoms with Gasteiger partial charge in [0, 0.05) is 6.20 Å². The molecular weight excluding hydrogens is 192 g/mol. The van der Waals surface area contributed by atoms with Gasteiger partial charge in [0.15, 0.2) is 5.16 Å². The third-order valence-electron chi connectivity index (χ3n) is 2.16. The summed E-state index contributed by atoms with van der Waals surface area (Å²) in [5, 5.41) is 0.845. The van der Waals surface area contributed by atoms with E-state index < -0.39 is 0 Å². The molecule has 0 aliphatic heterocycles. The van der Waals surface area contributed by atoms with E-state index in [1.807, 2.05) is 18.5 Å². The third kappa shape index (κ3) is 2.04. The largest absolute Gasteiger partial charge is 0.231 e. The molecule has 0 amide bonds. The Morgan fingerprint density at radius 3 is 3.07 bits per heavy atom. The van der Waals surface area contributed by atoms with Gasteiger partial charge >= 0.3 is 0 Å². The fraction of sp³-hybridized carbons (Fsp3) is 0.273. The molecule has 2 rings (SSSR count). The first-order valence-corrected chi connectivity index (χ1v) is 5.86. The summed E-state index contributed by atoms with van der Waals surface area (Å²) in [6, 6.07) is 1.98. The van der Waals surface area contributed by atoms with Crippen LogP contribution in [0.2, 0.25) is 0 Å². The predicted octanol–water partition coefficient (Wildman–Crippen LogP) is 2.93. The average Bonchev–Trinajstić information content (AvgIpc) is 2.30. The van der Waals surface area contributed by atoms with Crippen LogP contribution in [-0.2, 0) is 0 Å². The molecule has 0 atom stereocenters. The van der Waals surface area contributed by atoms with Gasteiger partial charge in [-0.25, -0.2) is 9.97 Å². The number of rotatable bonds is 2. The maximum absolute atomic E-state index is 4.46. The van der Waals surface area contributed by atoms with Crippen LogP contribution in [0.4, 0.5) is 0 Å². The molecule has 1 aromatic heterocycles. The minimum absolute atomic E-state index is 0.845. The summed E-state index contributed by atoms with van der Waals surface area (Å²) in [7, 11) is 0. The van der Waals surface area contributed by atoms with Gasteiger partial charge in [0.25, 0.3) is 0 Å². The summed E-state index contributed by atoms with van der Waals surface area (Å²) < 4.78 is 0. The van der Waals surface area contributed by atoms with Gasteiger partial charge in [0.1, 0.15) is 0 Å². The Hall–Kier alpha value is -1.09. The van der Waals surface area contributed by atoms with Crippen LogP contribution < -0.4 is 0 Å². The van der Waals surface area contributed by atoms with Crippen LogP contribution in [0.3, 0.4) is 0 Å². The normalized spacial score (nSPS) is 15.4. The summed E-state index contributed by atoms with van der Waals surface area (Å²) in [6.45, 7) is 0. The smallest absolute Gasteiger partial charge is 0.187 e. The Balaban J connectivity index is 2.31. The fourth-order valence-corrected chi connectivity index (χ4v) is 1.79. The number of allylic oxidation sites excluding steroid dienone is 4. The second-order valence-electron chi connectivity index (χ2n) is 3.09. The highest BCUT2D eigenvalue weighted by atomic mass is 32.2. The molecule has 14 heavy (non-hydrogen) atoms. The van der Waals surface area contributed by atoms with Gasteiger partial charge in [-0.1, -0.05) is 30.0 Å². The van der Waals surface area contributed by atoms with Crippen LogP contribution >= 0.6 is 11.8 Å². The lowest BCUT2D eigenvalue weighted by Crippen LogP contribution is -1.94. The maximum Gasteiger partial charge on any atom is 0.187 e. The second kappa shape index (κ2) is 4.42. The Morgan fingerprint density at radius 2 is 2.36 bits per heavy atom. The number of hydrogen-bond donors (Lipinski definition) is 0. The van der Waals surface area contributed by atoms with Crippen molar-refractivity contribution < 1.29 is 0 Å². The molecule has 0 spiro atoms. The van der Waals surface area contributed by atoms with Crippen LogP contribution in [0.15, 0.2) is 35.6 Å². The summed E-state index contributed by atoms with van der Waals surface area (Å²) >= 11 is 1.58. The van der Waals surface area contributed by atoms with E-state index in [4.69, 9.17) is 0 Å². The molecule has 0 saturated carbocycles. The molecule has 0 unspecified atom stereocenters. The van der Waals surface area contributed by atoms with Gasteiger partial charge in [-0.2, -0.15) is 0 Å². The Bertz CT molecular complexity index is 383. The molecular formula is C11H12N2S. The fourth-order valence-electron chi connectivity index (χ4n) is 1.43. The molecule has 0 bridgehead atoms. The highest BCUT2D eigenvalue weighted by Crippen LogP contribution is 2.22. The number of thioether (sulfide) groups is 1. The summed E-state index contributed by atoms with van der Waals surface area (Å²) in [5.74, 6) is 0. The first-order chi connectivity index (χ1) is 6.90. The van der Waals surface area contributed by atoms with Crippen LogP contribution in [-0.4, -0.2) is 16.2 Å². The van der Waals surface area contributed by atoms with Crippen molar-refractivity contribution in [3.05, 3.63) is 36.2 Å². The quantitative estimate of drug-likeness (QED) is 0.547. The van der Waals surface area contributed by atoms with E-state index in [2.05, 4.69) is 28.2 Å². The van der Waals surface area contributed by atoms with Crippen molar-refractivity contribution in [2.24, 2.45) is 0 Å². The van der Waals surface area contributed by atoms with E-state index in [9.17, 15) is 0 Å². The van der Waals surface area contributed by atoms with Crippen LogP contribution in [0, 0.1) is 0 Å². The molecule has 0 fully saturated rings. The minimum Gasteiger partial charge on any atom is -0.231 e. The van der Waals surface area contributed by atoms with Gasteiger partial charge in [0.2, 0.25) is 0 Å². The summed E-state index contributed by atoms with van der Waals surface area (Å²) in [6.07, 6.45) is 12.4. The standard InChI is InChI=1S/C11H12N2S/c1-14-11-12-8-7-10(13-11)9-5-3-2-4-6-9/h2-3,5,7-8H,4,6H2,1H3. The first kappa shape index (κ1) is 9.46. The second-order valence-corrected chi connectivity index (χ2v) is 3.86. The molecule has 0 N–H and O–H groups in total. The van der Waals surface area contributed by atoms with E-state index in [0.717, 1.165) is 23.7 Å². The monoisotopic (exact) mass is 204 g/mol. The molecule has 1 aromatic rings. The molecule has 1 heterocycles. The van der Waals surface area contributed by atoms with E-state index in [1.54, 1.807) is 11.8 Å². The molecule has 0 saturated heterocycles. The lowest BCUT2D eigenvalue weighted by molar-refractivity contribution is 0.937. The first-order valence-electron chi connectivity index (χ1n) is 4.63. The van der Waals surface area contributed by atoms with Gasteiger partial charge in [0.05, 0.1) is 5.69 Å². The van der Waals surface area contributed by atoms with E-state index in [0.29, 0.717) is 0 Å². The van der Waals surface area contributed by atoms with Crippen molar-refractivity contribution in [2.75, 3.05) is 6.26 Å². The van der Waals surface area contributed by atoms with Crippen LogP contribution in [0.1, 0.15) is 18.5 Å². The van der Waals surface area contributed by atoms with E-state index >= 15 is 0 Å². The summed E-state index contributed by atoms with van der Waals surface area (Å²) in [5.41, 5.74) is 2.37. The third-order valence-corrected chi connectivity index (χ3v) is 2.72. The zero-order valence-electron chi connectivity index (χ0n) is 8.10. The summed E-state index contributed by atoms with van der Waals surface area (Å²) in [4.78, 5) is 8.62. The molecule has 0 radical (unpaired) electrons. The van der Waals surface area contributed by atoms with Gasteiger partial charge in [-0.15, -0.1) is 0 Å². The van der Waals surface area contributed by atoms with Crippen LogP contribution in [0.25, 0.3) is 5.57 Å². The van der Waals surface area contributed by atoms with Crippen LogP contribution in [0.5, 0.6) is 0 Å². The zero-order chi connectivity index (χ0) is 9.80. The van der Waals surface area contributed by atoms with Crippen molar-refractivity contribution in [1.82, 2.24) is 9.97 Å². The highest BCUT2D eigenvalue weighted by molar-refractivity contribution is 7.98. The Kier molecular flexibility index (Phi) is 2.99. The van der Waals surface area contributed by atoms with Crippen molar-refractivity contribution in [1.29, 1.82) is 0 Å². The molecule has 3 heteroatoms. The number of hydrogen-bond acceptors (Lipinski definition) is 3. The van der Waals surface area contributed by atoms with Gasteiger partial charge < -0.3 is 0 Å². The van der Waals surface area contributed by atoms with Gasteiger partial charge in [-0.05, 0) is 30.7 Å². The average molecular weight is 204 g/mol. The minimum atomic E-state index is 0.845. The van der Waals surface area contributed by atoms with Crippen molar-refractivity contribution >= 4 is 17.3 Å². The zero-order valence-corrected chi connectivity index (χ0v) is 8.92. The van der Waals surface area contributed by atoms with E-state index in [-0.39, 0.29) is 0 Å². The molecule has 1 aliphatic carbocycles. The van der Waals surface area contributed by atoms with E-state index in [1.165, 1.54) is 5.57 Å².